The number of rotatable bonds is 3. The second kappa shape index (κ2) is 8.06. The van der Waals surface area contributed by atoms with Crippen molar-refractivity contribution in [2.45, 2.75) is 65.6 Å². The van der Waals surface area contributed by atoms with Gasteiger partial charge in [0.2, 0.25) is 0 Å². The first-order chi connectivity index (χ1) is 9.60. The zero-order valence-electron chi connectivity index (χ0n) is 15.0. The summed E-state index contributed by atoms with van der Waals surface area (Å²) in [5, 5.41) is 0. The van der Waals surface area contributed by atoms with Gasteiger partial charge in [0, 0.05) is 0 Å². The van der Waals surface area contributed by atoms with Crippen molar-refractivity contribution in [2.75, 3.05) is 0 Å². The molecule has 0 radical (unpaired) electrons. The molecule has 0 saturated heterocycles. The number of hydrogen-bond donors (Lipinski definition) is 0. The minimum atomic E-state index is -0.273. The number of halogens is 2. The predicted molar refractivity (Wildman–Crippen MR) is 85.6 cm³/mol. The third-order valence-corrected chi connectivity index (χ3v) is 5.36. The third kappa shape index (κ3) is 4.44. The summed E-state index contributed by atoms with van der Waals surface area (Å²) >= 11 is 2.25. The van der Waals surface area contributed by atoms with Crippen molar-refractivity contribution in [2.24, 2.45) is 5.41 Å². The normalized spacial score (nSPS) is 24.3. The Kier molecular flexibility index (Phi) is 8.14. The summed E-state index contributed by atoms with van der Waals surface area (Å²) in [7, 11) is 0. The molecular weight excluding hydrogens is 363 g/mol. The number of hydrogen-bond acceptors (Lipinski definition) is 1. The molecule has 23 heavy (non-hydrogen) atoms. The Morgan fingerprint density at radius 1 is 1.09 bits per heavy atom. The van der Waals surface area contributed by atoms with Crippen molar-refractivity contribution in [3.63, 3.8) is 0 Å². The topological polar surface area (TPSA) is 9.23 Å². The van der Waals surface area contributed by atoms with E-state index < -0.39 is 0 Å². The molecule has 0 aromatic heterocycles. The number of allylic oxidation sites excluding steroid dienone is 5. The van der Waals surface area contributed by atoms with Crippen molar-refractivity contribution >= 4 is 0 Å². The molecule has 0 amide bonds. The summed E-state index contributed by atoms with van der Waals surface area (Å²) in [6.45, 7) is 13.4. The Morgan fingerprint density at radius 2 is 1.70 bits per heavy atom. The van der Waals surface area contributed by atoms with Gasteiger partial charge in [-0.15, -0.1) is 0 Å². The number of ether oxygens (including phenoxy) is 1. The molecule has 0 saturated carbocycles. The van der Waals surface area contributed by atoms with Gasteiger partial charge < -0.3 is 24.8 Å². The van der Waals surface area contributed by atoms with Crippen molar-refractivity contribution in [1.82, 2.24) is 0 Å². The summed E-state index contributed by atoms with van der Waals surface area (Å²) in [5.74, 6) is 0. The van der Waals surface area contributed by atoms with E-state index in [1.54, 1.807) is 0 Å². The molecule has 1 unspecified atom stereocenters. The van der Waals surface area contributed by atoms with Crippen LogP contribution in [-0.2, 0) is 25.2 Å². The Labute approximate surface area is 165 Å². The molecular formula is C19H27Cl2OTi. The molecule has 127 valence electrons. The van der Waals surface area contributed by atoms with Gasteiger partial charge in [0.05, 0.1) is 0 Å². The Morgan fingerprint density at radius 3 is 2.13 bits per heavy atom. The molecule has 0 bridgehead atoms. The van der Waals surface area contributed by atoms with Crippen molar-refractivity contribution in [3.05, 3.63) is 45.4 Å². The van der Waals surface area contributed by atoms with Crippen LogP contribution < -0.4 is 24.8 Å². The van der Waals surface area contributed by atoms with Gasteiger partial charge in [-0.1, -0.05) is 0 Å². The van der Waals surface area contributed by atoms with Crippen LogP contribution >= 0.6 is 0 Å². The minimum absolute atomic E-state index is 0. The SMILES string of the molecule is CC1=CC=CCC1(OC(C)(C)C)C(C)(C)C1=[C]([Ti+2])CC=C1.[Cl-].[Cl-]. The van der Waals surface area contributed by atoms with E-state index in [9.17, 15) is 0 Å². The zero-order chi connectivity index (χ0) is 15.9. The fourth-order valence-electron chi connectivity index (χ4n) is 3.57. The smallest absolute Gasteiger partial charge is 1.00 e. The van der Waals surface area contributed by atoms with E-state index in [-0.39, 0.29) is 41.4 Å². The van der Waals surface area contributed by atoms with Crippen molar-refractivity contribution in [1.29, 1.82) is 0 Å². The second-order valence-electron chi connectivity index (χ2n) is 7.65. The van der Waals surface area contributed by atoms with Crippen LogP contribution in [0.4, 0.5) is 0 Å². The second-order valence-corrected chi connectivity index (χ2v) is 8.59. The molecule has 2 rings (SSSR count). The van der Waals surface area contributed by atoms with Crippen LogP contribution in [0.25, 0.3) is 0 Å². The first-order valence-electron chi connectivity index (χ1n) is 7.76. The van der Waals surface area contributed by atoms with Crippen molar-refractivity contribution < 1.29 is 50.0 Å². The maximum Gasteiger partial charge on any atom is -1.00 e. The summed E-state index contributed by atoms with van der Waals surface area (Å²) < 4.78 is 8.19. The molecule has 0 aromatic carbocycles. The quantitative estimate of drug-likeness (QED) is 0.576. The first kappa shape index (κ1) is 23.2. The van der Waals surface area contributed by atoms with E-state index in [1.165, 1.54) is 15.0 Å². The van der Waals surface area contributed by atoms with Gasteiger partial charge in [-0.25, -0.2) is 0 Å². The van der Waals surface area contributed by atoms with Crippen LogP contribution in [-0.4, -0.2) is 11.2 Å². The summed E-state index contributed by atoms with van der Waals surface area (Å²) in [6.07, 6.45) is 13.2. The molecule has 2 aliphatic carbocycles. The van der Waals surface area contributed by atoms with Gasteiger partial charge in [-0.2, -0.15) is 0 Å². The van der Waals surface area contributed by atoms with Crippen LogP contribution in [0.3, 0.4) is 0 Å². The molecule has 0 fully saturated rings. The summed E-state index contributed by atoms with van der Waals surface area (Å²) in [5.41, 5.74) is 2.27. The van der Waals surface area contributed by atoms with E-state index in [0.717, 1.165) is 12.8 Å². The van der Waals surface area contributed by atoms with Crippen molar-refractivity contribution in [3.8, 4) is 0 Å². The summed E-state index contributed by atoms with van der Waals surface area (Å²) in [6, 6.07) is 0. The zero-order valence-corrected chi connectivity index (χ0v) is 18.0. The molecule has 0 N–H and O–H groups in total. The molecule has 4 heteroatoms. The van der Waals surface area contributed by atoms with Crippen LogP contribution in [0.5, 0.6) is 0 Å². The van der Waals surface area contributed by atoms with Gasteiger partial charge in [0.1, 0.15) is 0 Å². The standard InChI is InChI=1S/C19H27O.2ClH.Ti/c1-15-11-9-10-14-19(15,20-17(2,3)4)18(5,6)16-12-7-8-13-16;;;/h7,9-12H,8,14H2,1-6H3;2*1H;/q;;;+2/p-2. The monoisotopic (exact) mass is 389 g/mol. The average Bonchev–Trinajstić information content (AvgIpc) is 2.77. The summed E-state index contributed by atoms with van der Waals surface area (Å²) in [4.78, 5) is 0. The fraction of sp³-hybridized carbons (Fsp3) is 0.579. The van der Waals surface area contributed by atoms with Crippen LogP contribution in [0.15, 0.2) is 45.4 Å². The van der Waals surface area contributed by atoms with Crippen LogP contribution in [0.1, 0.15) is 54.4 Å². The molecule has 2 aliphatic rings. The van der Waals surface area contributed by atoms with Gasteiger partial charge in [-0.3, -0.25) is 0 Å². The minimum Gasteiger partial charge on any atom is -1.00 e. The Bertz CT molecular complexity index is 550. The maximum absolute atomic E-state index is 6.72. The third-order valence-electron chi connectivity index (χ3n) is 4.62. The molecule has 1 atom stereocenters. The van der Waals surface area contributed by atoms with Crippen LogP contribution in [0, 0.1) is 5.41 Å². The van der Waals surface area contributed by atoms with E-state index in [4.69, 9.17) is 4.74 Å². The van der Waals surface area contributed by atoms with E-state index in [1.807, 2.05) is 0 Å². The molecule has 0 aliphatic heterocycles. The maximum atomic E-state index is 6.72. The van der Waals surface area contributed by atoms with Gasteiger partial charge in [0.15, 0.2) is 0 Å². The predicted octanol–water partition coefficient (Wildman–Crippen LogP) is -0.758. The largest absolute Gasteiger partial charge is 1.00 e. The molecule has 1 nitrogen and oxygen atoms in total. The van der Waals surface area contributed by atoms with E-state index in [0.29, 0.717) is 0 Å². The molecule has 0 aromatic rings. The van der Waals surface area contributed by atoms with Gasteiger partial charge >= 0.3 is 142 Å². The first-order valence-corrected chi connectivity index (χ1v) is 8.54. The molecule has 0 spiro atoms. The van der Waals surface area contributed by atoms with Gasteiger partial charge in [0.25, 0.3) is 0 Å². The Hall–Kier alpha value is 0.214. The van der Waals surface area contributed by atoms with Crippen LogP contribution in [0.2, 0.25) is 0 Å². The van der Waals surface area contributed by atoms with E-state index >= 15 is 0 Å². The Balaban J connectivity index is 0.00000242. The fourth-order valence-corrected chi connectivity index (χ4v) is 4.37. The molecule has 0 heterocycles. The van der Waals surface area contributed by atoms with Gasteiger partial charge in [-0.05, 0) is 0 Å². The average molecular weight is 390 g/mol. The van der Waals surface area contributed by atoms with E-state index in [2.05, 4.69) is 92.4 Å².